The Morgan fingerprint density at radius 1 is 1.45 bits per heavy atom. The van der Waals surface area contributed by atoms with Crippen LogP contribution in [0.1, 0.15) is 19.3 Å². The van der Waals surface area contributed by atoms with Gasteiger partial charge in [0.1, 0.15) is 0 Å². The number of urea groups is 1. The number of halogens is 2. The van der Waals surface area contributed by atoms with E-state index in [0.29, 0.717) is 23.7 Å². The fourth-order valence-electron chi connectivity index (χ4n) is 3.57. The number of hydrogen-bond donors (Lipinski definition) is 2. The maximum atomic E-state index is 12.4. The zero-order valence-corrected chi connectivity index (χ0v) is 14.2. The number of hydrogen-bond acceptors (Lipinski definition) is 2. The van der Waals surface area contributed by atoms with Gasteiger partial charge in [0, 0.05) is 23.2 Å². The highest BCUT2D eigenvalue weighted by Crippen LogP contribution is 2.48. The van der Waals surface area contributed by atoms with Crippen LogP contribution in [0.4, 0.5) is 10.5 Å². The SMILES string of the molecule is O=C(Nc1ccc(Br)c(Cl)c1)N1C[C@@H]2CCC[C@@]2(C(=O)O)C1. The van der Waals surface area contributed by atoms with Gasteiger partial charge in [0.15, 0.2) is 0 Å². The van der Waals surface area contributed by atoms with E-state index >= 15 is 0 Å². The molecule has 7 heteroatoms. The Bertz CT molecular complexity index is 639. The summed E-state index contributed by atoms with van der Waals surface area (Å²) in [6.45, 7) is 0.783. The van der Waals surface area contributed by atoms with Crippen molar-refractivity contribution in [1.29, 1.82) is 0 Å². The highest BCUT2D eigenvalue weighted by atomic mass is 79.9. The second-order valence-corrected chi connectivity index (χ2v) is 7.25. The normalized spacial score (nSPS) is 26.8. The quantitative estimate of drug-likeness (QED) is 0.810. The Morgan fingerprint density at radius 2 is 2.23 bits per heavy atom. The number of carboxylic acids is 1. The van der Waals surface area contributed by atoms with Gasteiger partial charge in [0.25, 0.3) is 0 Å². The number of nitrogens with zero attached hydrogens (tertiary/aromatic N) is 1. The van der Waals surface area contributed by atoms with Crippen molar-refractivity contribution in [2.24, 2.45) is 11.3 Å². The van der Waals surface area contributed by atoms with Crippen molar-refractivity contribution in [1.82, 2.24) is 4.90 Å². The van der Waals surface area contributed by atoms with Crippen molar-refractivity contribution < 1.29 is 14.7 Å². The van der Waals surface area contributed by atoms with Gasteiger partial charge in [-0.25, -0.2) is 4.79 Å². The fourth-order valence-corrected chi connectivity index (χ4v) is 4.00. The molecule has 1 aromatic rings. The van der Waals surface area contributed by atoms with Gasteiger partial charge in [-0.3, -0.25) is 4.79 Å². The lowest BCUT2D eigenvalue weighted by molar-refractivity contribution is -0.149. The third-order valence-corrected chi connectivity index (χ3v) is 5.99. The van der Waals surface area contributed by atoms with Crippen LogP contribution in [-0.4, -0.2) is 35.1 Å². The number of carbonyl (C=O) groups excluding carboxylic acids is 1. The predicted octanol–water partition coefficient (Wildman–Crippen LogP) is 3.82. The van der Waals surface area contributed by atoms with E-state index in [9.17, 15) is 14.7 Å². The first-order valence-corrected chi connectivity index (χ1v) is 8.34. The lowest BCUT2D eigenvalue weighted by atomic mass is 9.81. The average molecular weight is 388 g/mol. The second-order valence-electron chi connectivity index (χ2n) is 5.99. The number of amides is 2. The van der Waals surface area contributed by atoms with E-state index in [0.717, 1.165) is 17.3 Å². The highest BCUT2D eigenvalue weighted by molar-refractivity contribution is 9.10. The maximum absolute atomic E-state index is 12.4. The van der Waals surface area contributed by atoms with Crippen molar-refractivity contribution in [3.63, 3.8) is 0 Å². The standard InChI is InChI=1S/C15H16BrClN2O3/c16-11-4-3-10(6-12(11)17)18-14(22)19-7-9-2-1-5-15(9,8-19)13(20)21/h3-4,6,9H,1-2,5,7-8H2,(H,18,22)(H,20,21)/t9-,15+/m0/s1. The molecule has 2 aliphatic rings. The van der Waals surface area contributed by atoms with Gasteiger partial charge < -0.3 is 15.3 Å². The zero-order valence-electron chi connectivity index (χ0n) is 11.8. The molecule has 0 bridgehead atoms. The fraction of sp³-hybridized carbons (Fsp3) is 0.467. The van der Waals surface area contributed by atoms with E-state index in [1.54, 1.807) is 23.1 Å². The van der Waals surface area contributed by atoms with E-state index in [-0.39, 0.29) is 18.5 Å². The molecule has 0 radical (unpaired) electrons. The van der Waals surface area contributed by atoms with Crippen molar-refractivity contribution in [3.8, 4) is 0 Å². The van der Waals surface area contributed by atoms with E-state index in [1.807, 2.05) is 0 Å². The minimum Gasteiger partial charge on any atom is -0.481 e. The summed E-state index contributed by atoms with van der Waals surface area (Å²) in [5, 5.41) is 12.8. The Labute approximate surface area is 141 Å². The summed E-state index contributed by atoms with van der Waals surface area (Å²) in [5.41, 5.74) is -0.158. The van der Waals surface area contributed by atoms with Gasteiger partial charge in [-0.15, -0.1) is 0 Å². The van der Waals surface area contributed by atoms with E-state index in [2.05, 4.69) is 21.2 Å². The molecule has 0 unspecified atom stereocenters. The summed E-state index contributed by atoms with van der Waals surface area (Å²) >= 11 is 9.31. The molecular weight excluding hydrogens is 372 g/mol. The third-order valence-electron chi connectivity index (χ3n) is 4.75. The Hall–Kier alpha value is -1.27. The molecule has 2 fully saturated rings. The van der Waals surface area contributed by atoms with Crippen LogP contribution >= 0.6 is 27.5 Å². The number of benzene rings is 1. The number of rotatable bonds is 2. The highest BCUT2D eigenvalue weighted by Gasteiger charge is 2.55. The summed E-state index contributed by atoms with van der Waals surface area (Å²) in [5.74, 6) is -0.721. The molecule has 1 heterocycles. The van der Waals surface area contributed by atoms with Crippen LogP contribution in [0, 0.1) is 11.3 Å². The first-order valence-electron chi connectivity index (χ1n) is 7.17. The van der Waals surface area contributed by atoms with Crippen LogP contribution in [0.25, 0.3) is 0 Å². The van der Waals surface area contributed by atoms with Crippen LogP contribution < -0.4 is 5.32 Å². The summed E-state index contributed by atoms with van der Waals surface area (Å²) in [7, 11) is 0. The van der Waals surface area contributed by atoms with Crippen LogP contribution in [0.5, 0.6) is 0 Å². The van der Waals surface area contributed by atoms with E-state index in [1.165, 1.54) is 0 Å². The smallest absolute Gasteiger partial charge is 0.321 e. The number of carbonyl (C=O) groups is 2. The van der Waals surface area contributed by atoms with Crippen LogP contribution in [0.3, 0.4) is 0 Å². The van der Waals surface area contributed by atoms with Gasteiger partial charge in [0.2, 0.25) is 0 Å². The second kappa shape index (κ2) is 5.74. The molecule has 2 atom stereocenters. The molecule has 22 heavy (non-hydrogen) atoms. The third kappa shape index (κ3) is 2.58. The predicted molar refractivity (Wildman–Crippen MR) is 87.2 cm³/mol. The number of likely N-dealkylation sites (tertiary alicyclic amines) is 1. The van der Waals surface area contributed by atoms with Crippen molar-refractivity contribution in [2.75, 3.05) is 18.4 Å². The first kappa shape index (κ1) is 15.6. The topological polar surface area (TPSA) is 69.6 Å². The molecule has 1 saturated heterocycles. The van der Waals surface area contributed by atoms with Crippen LogP contribution in [0.15, 0.2) is 22.7 Å². The molecule has 3 rings (SSSR count). The molecule has 1 aliphatic carbocycles. The first-order chi connectivity index (χ1) is 10.4. The van der Waals surface area contributed by atoms with Crippen molar-refractivity contribution in [2.45, 2.75) is 19.3 Å². The van der Waals surface area contributed by atoms with E-state index in [4.69, 9.17) is 11.6 Å². The van der Waals surface area contributed by atoms with Gasteiger partial charge in [-0.2, -0.15) is 0 Å². The van der Waals surface area contributed by atoms with E-state index < -0.39 is 11.4 Å². The number of aliphatic carboxylic acids is 1. The summed E-state index contributed by atoms with van der Waals surface area (Å²) < 4.78 is 0.757. The summed E-state index contributed by atoms with van der Waals surface area (Å²) in [6, 6.07) is 4.90. The zero-order chi connectivity index (χ0) is 15.9. The molecular formula is C15H16BrClN2O3. The number of nitrogens with one attached hydrogen (secondary N) is 1. The van der Waals surface area contributed by atoms with Crippen LogP contribution in [0.2, 0.25) is 5.02 Å². The monoisotopic (exact) mass is 386 g/mol. The van der Waals surface area contributed by atoms with Crippen LogP contribution in [-0.2, 0) is 4.79 Å². The molecule has 5 nitrogen and oxygen atoms in total. The minimum absolute atomic E-state index is 0.0595. The molecule has 118 valence electrons. The van der Waals surface area contributed by atoms with Gasteiger partial charge in [0.05, 0.1) is 10.4 Å². The van der Waals surface area contributed by atoms with Gasteiger partial charge in [-0.05, 0) is 52.9 Å². The lowest BCUT2D eigenvalue weighted by Gasteiger charge is -2.23. The number of carboxylic acid groups (broad SMARTS) is 1. The maximum Gasteiger partial charge on any atom is 0.321 e. The average Bonchev–Trinajstić information content (AvgIpc) is 3.00. The molecule has 0 aromatic heterocycles. The Kier molecular flexibility index (Phi) is 4.07. The van der Waals surface area contributed by atoms with Gasteiger partial charge >= 0.3 is 12.0 Å². The molecule has 1 saturated carbocycles. The molecule has 1 aliphatic heterocycles. The number of anilines is 1. The summed E-state index contributed by atoms with van der Waals surface area (Å²) in [4.78, 5) is 25.6. The molecule has 0 spiro atoms. The van der Waals surface area contributed by atoms with Crippen molar-refractivity contribution in [3.05, 3.63) is 27.7 Å². The lowest BCUT2D eigenvalue weighted by Crippen LogP contribution is -2.38. The Balaban J connectivity index is 1.71. The van der Waals surface area contributed by atoms with Crippen molar-refractivity contribution >= 4 is 45.2 Å². The van der Waals surface area contributed by atoms with Gasteiger partial charge in [-0.1, -0.05) is 18.0 Å². The minimum atomic E-state index is -0.781. The summed E-state index contributed by atoms with van der Waals surface area (Å²) in [6.07, 6.45) is 2.45. The molecule has 1 aromatic carbocycles. The number of fused-ring (bicyclic) bond motifs is 1. The molecule has 2 amide bonds. The molecule has 2 N–H and O–H groups in total. The Morgan fingerprint density at radius 3 is 2.86 bits per heavy atom. The largest absolute Gasteiger partial charge is 0.481 e.